The van der Waals surface area contributed by atoms with Gasteiger partial charge in [0, 0.05) is 47.0 Å². The first-order chi connectivity index (χ1) is 29.5. The Morgan fingerprint density at radius 3 is 2.19 bits per heavy atom. The molecule has 350 valence electrons. The summed E-state index contributed by atoms with van der Waals surface area (Å²) in [6.07, 6.45) is 9.83. The second-order valence-corrected chi connectivity index (χ2v) is 23.7. The summed E-state index contributed by atoms with van der Waals surface area (Å²) in [4.78, 5) is 53.1. The van der Waals surface area contributed by atoms with Gasteiger partial charge in [0.25, 0.3) is 5.91 Å². The number of aliphatic hydroxyl groups excluding tert-OH is 1. The lowest BCUT2D eigenvalue weighted by Gasteiger charge is -2.72. The number of carboxylic acids is 1. The number of hydrogen-bond donors (Lipinski definition) is 5. The molecule has 12 atom stereocenters. The van der Waals surface area contributed by atoms with Crippen molar-refractivity contribution in [2.24, 2.45) is 73.7 Å². The highest BCUT2D eigenvalue weighted by Gasteiger charge is 2.71. The Kier molecular flexibility index (Phi) is 13.3. The topological polar surface area (TPSA) is 168 Å². The minimum absolute atomic E-state index is 0.0116. The van der Waals surface area contributed by atoms with Crippen molar-refractivity contribution in [1.29, 1.82) is 0 Å². The average molecular weight is 893 g/mol. The van der Waals surface area contributed by atoms with Crippen LogP contribution in [0.15, 0.2) is 35.4 Å². The zero-order valence-electron chi connectivity index (χ0n) is 39.7. The fourth-order valence-electron chi connectivity index (χ4n) is 15.5. The first-order valence-corrected chi connectivity index (χ1v) is 24.7. The van der Waals surface area contributed by atoms with E-state index in [1.807, 2.05) is 13.8 Å². The normalized spacial score (nSPS) is 37.4. The molecule has 0 radical (unpaired) electrons. The first kappa shape index (κ1) is 48.2. The van der Waals surface area contributed by atoms with Gasteiger partial charge in [-0.05, 0) is 152 Å². The first-order valence-electron chi connectivity index (χ1n) is 24.4. The molecule has 0 aliphatic heterocycles. The van der Waals surface area contributed by atoms with E-state index in [0.29, 0.717) is 54.9 Å². The molecule has 6 aliphatic carbocycles. The number of nitrogens with two attached hydrogens (primary N) is 1. The number of ether oxygens (including phenoxy) is 1. The number of hydrogen-bond acceptors (Lipinski definition) is 8. The third-order valence-electron chi connectivity index (χ3n) is 19.3. The number of carboxylic acid groups (broad SMARTS) is 1. The van der Waals surface area contributed by atoms with Crippen LogP contribution in [-0.2, 0) is 19.1 Å². The Labute approximate surface area is 382 Å². The van der Waals surface area contributed by atoms with Crippen molar-refractivity contribution < 1.29 is 34.1 Å². The fourth-order valence-corrected chi connectivity index (χ4v) is 15.6. The lowest BCUT2D eigenvalue weighted by Crippen LogP contribution is -2.66. The molecule has 10 nitrogen and oxygen atoms in total. The van der Waals surface area contributed by atoms with Gasteiger partial charge >= 0.3 is 11.9 Å². The largest absolute Gasteiger partial charge is 0.481 e. The third kappa shape index (κ3) is 7.94. The number of benzene rings is 1. The maximum atomic E-state index is 14.3. The zero-order valence-corrected chi connectivity index (χ0v) is 40.5. The third-order valence-corrected chi connectivity index (χ3v) is 19.6. The molecule has 7 rings (SSSR count). The second-order valence-electron chi connectivity index (χ2n) is 23.3. The van der Waals surface area contributed by atoms with Gasteiger partial charge in [0.2, 0.25) is 0 Å². The Bertz CT molecular complexity index is 1960. The number of unbranched alkanes of at least 4 members (excludes halogenated alkanes) is 1. The number of nitrogens with one attached hydrogen (secondary N) is 2. The molecule has 0 heterocycles. The summed E-state index contributed by atoms with van der Waals surface area (Å²) in [6.45, 7) is 21.7. The van der Waals surface area contributed by atoms with Crippen LogP contribution in [0.4, 0.5) is 0 Å². The zero-order chi connectivity index (χ0) is 46.1. The molecule has 63 heavy (non-hydrogen) atoms. The summed E-state index contributed by atoms with van der Waals surface area (Å²) in [6, 6.07) is 6.72. The molecule has 11 heteroatoms. The number of allylic oxidation sites excluding steroid dienone is 1. The van der Waals surface area contributed by atoms with E-state index in [0.717, 1.165) is 76.2 Å². The number of carbonyl (C=O) groups excluding carboxylic acids is 3. The van der Waals surface area contributed by atoms with Crippen molar-refractivity contribution in [2.45, 2.75) is 164 Å². The van der Waals surface area contributed by atoms with Gasteiger partial charge in [-0.2, -0.15) is 0 Å². The fraction of sp³-hybridized carbons (Fsp3) is 0.769. The highest BCUT2D eigenvalue weighted by molar-refractivity contribution is 6.30. The number of Topliss-reactive ketones (excluding diaryl/α,β-unsaturated/α-hetero) is 1. The molecular formula is C52H78ClN3O7. The smallest absolute Gasteiger partial charge is 0.309 e. The van der Waals surface area contributed by atoms with Crippen molar-refractivity contribution in [3.8, 4) is 0 Å². The predicted octanol–water partition coefficient (Wildman–Crippen LogP) is 9.16. The molecule has 0 aromatic heterocycles. The molecule has 1 aromatic carbocycles. The van der Waals surface area contributed by atoms with Gasteiger partial charge in [-0.3, -0.25) is 19.2 Å². The lowest BCUT2D eigenvalue weighted by atomic mass is 9.33. The molecule has 0 bridgehead atoms. The Balaban J connectivity index is 1.08. The maximum absolute atomic E-state index is 14.3. The Hall–Kier alpha value is -2.79. The van der Waals surface area contributed by atoms with Crippen LogP contribution in [0.1, 0.15) is 156 Å². The van der Waals surface area contributed by atoms with E-state index in [1.54, 1.807) is 24.3 Å². The molecule has 0 saturated heterocycles. The summed E-state index contributed by atoms with van der Waals surface area (Å²) >= 11 is 6.08. The monoisotopic (exact) mass is 892 g/mol. The van der Waals surface area contributed by atoms with E-state index < -0.39 is 34.7 Å². The van der Waals surface area contributed by atoms with Gasteiger partial charge in [-0.15, -0.1) is 0 Å². The lowest BCUT2D eigenvalue weighted by molar-refractivity contribution is -0.238. The SMILES string of the molecule is CC(C)C1=C2[C@H]3CC[C@@H]4[C@@]5(C)CC[C@H](OC(=O)[C@H]6C[C@@H](C(=O)O)C6(C)C)C(C)(C)[C@@H]5CC[C@@]4(C)[C@]3(C)CC[C@@]2([C@@H](O)CNCC(CCCCN)NC(=O)c2ccc(Cl)cc2)CC1=O. The number of ketones is 1. The van der Waals surface area contributed by atoms with Crippen molar-refractivity contribution >= 4 is 35.2 Å². The molecule has 5 fully saturated rings. The number of amides is 1. The van der Waals surface area contributed by atoms with Gasteiger partial charge in [-0.1, -0.05) is 85.9 Å². The predicted molar refractivity (Wildman–Crippen MR) is 247 cm³/mol. The second kappa shape index (κ2) is 17.5. The van der Waals surface area contributed by atoms with Gasteiger partial charge in [0.05, 0.1) is 17.9 Å². The van der Waals surface area contributed by atoms with Crippen molar-refractivity contribution in [3.05, 3.63) is 46.0 Å². The van der Waals surface area contributed by atoms with E-state index in [9.17, 15) is 29.4 Å². The van der Waals surface area contributed by atoms with E-state index in [1.165, 1.54) is 5.57 Å². The van der Waals surface area contributed by atoms with Crippen LogP contribution in [0, 0.1) is 68.0 Å². The van der Waals surface area contributed by atoms with E-state index in [2.05, 4.69) is 59.1 Å². The number of halogens is 1. The van der Waals surface area contributed by atoms with Crippen LogP contribution in [0.2, 0.25) is 5.02 Å². The average Bonchev–Trinajstić information content (AvgIpc) is 3.52. The summed E-state index contributed by atoms with van der Waals surface area (Å²) in [7, 11) is 0. The summed E-state index contributed by atoms with van der Waals surface area (Å²) < 4.78 is 6.44. The minimum Gasteiger partial charge on any atom is -0.481 e. The molecule has 1 amide bonds. The summed E-state index contributed by atoms with van der Waals surface area (Å²) in [5, 5.41) is 29.5. The molecule has 6 N–H and O–H groups in total. The van der Waals surface area contributed by atoms with Crippen LogP contribution >= 0.6 is 11.6 Å². The molecule has 5 saturated carbocycles. The van der Waals surface area contributed by atoms with Gasteiger partial charge in [0.15, 0.2) is 5.78 Å². The molecule has 0 spiro atoms. The van der Waals surface area contributed by atoms with Crippen molar-refractivity contribution in [2.75, 3.05) is 19.6 Å². The van der Waals surface area contributed by atoms with Crippen LogP contribution in [0.25, 0.3) is 0 Å². The Morgan fingerprint density at radius 2 is 1.56 bits per heavy atom. The molecule has 1 unspecified atom stereocenters. The number of rotatable bonds is 15. The highest BCUT2D eigenvalue weighted by Crippen LogP contribution is 2.77. The van der Waals surface area contributed by atoms with Crippen molar-refractivity contribution in [1.82, 2.24) is 10.6 Å². The van der Waals surface area contributed by atoms with E-state index in [-0.39, 0.29) is 63.3 Å². The van der Waals surface area contributed by atoms with Crippen LogP contribution in [0.3, 0.4) is 0 Å². The number of aliphatic carboxylic acids is 1. The summed E-state index contributed by atoms with van der Waals surface area (Å²) in [5.41, 5.74) is 7.07. The standard InChI is InChI=1S/C52H78ClN3O7/c1-30(2)42-37(57)27-52(40(58)29-55-28-33(12-10-11-25-54)56-44(59)31-13-15-32(53)16-14-31)24-23-50(8)34(43(42)52)17-18-39-49(7)21-20-41(48(5,6)38(49)19-22-51(39,50)9)63-46(62)36-26-35(45(60)61)47(36,3)4/h13-16,30,33-36,38-41,55,58H,10-12,17-29,54H2,1-9H3,(H,56,59)(H,60,61)/t33?,34-,35+,36-,38+,39-,40+,41+,49+,50-,51-,52+/m1/s1. The van der Waals surface area contributed by atoms with Crippen molar-refractivity contribution in [3.63, 3.8) is 0 Å². The van der Waals surface area contributed by atoms with Gasteiger partial charge in [-0.25, -0.2) is 0 Å². The highest BCUT2D eigenvalue weighted by atomic mass is 35.5. The van der Waals surface area contributed by atoms with Gasteiger partial charge < -0.3 is 31.3 Å². The van der Waals surface area contributed by atoms with Crippen LogP contribution < -0.4 is 16.4 Å². The number of carbonyl (C=O) groups is 4. The minimum atomic E-state index is -0.840. The van der Waals surface area contributed by atoms with Crippen LogP contribution in [-0.4, -0.2) is 71.7 Å². The van der Waals surface area contributed by atoms with Gasteiger partial charge in [0.1, 0.15) is 6.10 Å². The molecule has 6 aliphatic rings. The Morgan fingerprint density at radius 1 is 0.857 bits per heavy atom. The van der Waals surface area contributed by atoms with Crippen LogP contribution in [0.5, 0.6) is 0 Å². The number of esters is 1. The number of aliphatic hydroxyl groups is 1. The molecular weight excluding hydrogens is 814 g/mol. The quantitative estimate of drug-likeness (QED) is 0.0852. The maximum Gasteiger partial charge on any atom is 0.309 e. The molecule has 1 aromatic rings. The number of fused-ring (bicyclic) bond motifs is 7. The summed E-state index contributed by atoms with van der Waals surface area (Å²) in [5.74, 6) is -0.897. The van der Waals surface area contributed by atoms with E-state index in [4.69, 9.17) is 22.1 Å². The van der Waals surface area contributed by atoms with E-state index >= 15 is 0 Å².